The molecule has 2 aliphatic rings. The van der Waals surface area contributed by atoms with E-state index in [0.717, 1.165) is 31.7 Å². The molecule has 1 unspecified atom stereocenters. The Morgan fingerprint density at radius 1 is 1.27 bits per heavy atom. The molecule has 0 bridgehead atoms. The summed E-state index contributed by atoms with van der Waals surface area (Å²) < 4.78 is 0. The van der Waals surface area contributed by atoms with Crippen LogP contribution in [0.15, 0.2) is 18.2 Å². The van der Waals surface area contributed by atoms with E-state index in [1.165, 1.54) is 51.9 Å². The molecule has 0 spiro atoms. The molecule has 2 fully saturated rings. The summed E-state index contributed by atoms with van der Waals surface area (Å²) in [6, 6.07) is 8.31. The first kappa shape index (κ1) is 23.7. The lowest BCUT2D eigenvalue weighted by Crippen LogP contribution is -2.35. The molecule has 0 radical (unpaired) electrons. The molecule has 6 heteroatoms. The fourth-order valence-electron chi connectivity index (χ4n) is 4.42. The third-order valence-corrected chi connectivity index (χ3v) is 5.98. The number of carbonyl (C=O) groups is 2. The SMILES string of the molecule is CC(=O)Nc1ccc(N2CCCC(C)C2)c(C#N)c1.CCN(C=O)C1CCCCC1. The van der Waals surface area contributed by atoms with Crippen molar-refractivity contribution in [2.24, 2.45) is 5.92 Å². The van der Waals surface area contributed by atoms with Crippen LogP contribution in [0.4, 0.5) is 11.4 Å². The van der Waals surface area contributed by atoms with E-state index in [1.807, 2.05) is 24.0 Å². The van der Waals surface area contributed by atoms with Crippen molar-refractivity contribution >= 4 is 23.7 Å². The van der Waals surface area contributed by atoms with E-state index in [1.54, 1.807) is 6.07 Å². The number of benzene rings is 1. The normalized spacial score (nSPS) is 19.1. The summed E-state index contributed by atoms with van der Waals surface area (Å²) in [5, 5.41) is 12.0. The van der Waals surface area contributed by atoms with Crippen LogP contribution in [-0.2, 0) is 9.59 Å². The quantitative estimate of drug-likeness (QED) is 0.720. The molecule has 1 saturated carbocycles. The summed E-state index contributed by atoms with van der Waals surface area (Å²) in [6.45, 7) is 8.61. The van der Waals surface area contributed by atoms with Gasteiger partial charge in [0.05, 0.1) is 11.3 Å². The van der Waals surface area contributed by atoms with Crippen molar-refractivity contribution in [1.82, 2.24) is 4.90 Å². The highest BCUT2D eigenvalue weighted by molar-refractivity contribution is 5.89. The van der Waals surface area contributed by atoms with Crippen molar-refractivity contribution in [3.63, 3.8) is 0 Å². The number of anilines is 2. The van der Waals surface area contributed by atoms with Gasteiger partial charge in [-0.1, -0.05) is 26.2 Å². The molecular formula is C24H36N4O2. The summed E-state index contributed by atoms with van der Waals surface area (Å²) in [4.78, 5) is 25.8. The Balaban J connectivity index is 0.000000248. The zero-order valence-electron chi connectivity index (χ0n) is 18.7. The Morgan fingerprint density at radius 2 is 2.00 bits per heavy atom. The lowest BCUT2D eigenvalue weighted by Gasteiger charge is -2.33. The second-order valence-electron chi connectivity index (χ2n) is 8.45. The molecule has 6 nitrogen and oxygen atoms in total. The Morgan fingerprint density at radius 3 is 2.57 bits per heavy atom. The third-order valence-electron chi connectivity index (χ3n) is 5.98. The van der Waals surface area contributed by atoms with Crippen molar-refractivity contribution in [3.8, 4) is 6.07 Å². The molecule has 1 aromatic rings. The maximum atomic E-state index is 11.0. The van der Waals surface area contributed by atoms with Gasteiger partial charge in [-0.15, -0.1) is 0 Å². The molecule has 1 saturated heterocycles. The van der Waals surface area contributed by atoms with E-state index in [-0.39, 0.29) is 5.91 Å². The van der Waals surface area contributed by atoms with Gasteiger partial charge in [-0.05, 0) is 56.7 Å². The first-order valence-corrected chi connectivity index (χ1v) is 11.3. The molecule has 1 aromatic carbocycles. The minimum atomic E-state index is -0.122. The zero-order chi connectivity index (χ0) is 21.9. The van der Waals surface area contributed by atoms with E-state index in [4.69, 9.17) is 0 Å². The zero-order valence-corrected chi connectivity index (χ0v) is 18.7. The van der Waals surface area contributed by atoms with Gasteiger partial charge in [0.1, 0.15) is 6.07 Å². The molecule has 1 aliphatic carbocycles. The van der Waals surface area contributed by atoms with Gasteiger partial charge in [0.25, 0.3) is 0 Å². The molecule has 2 amide bonds. The number of nitrogens with zero attached hydrogens (tertiary/aromatic N) is 3. The maximum absolute atomic E-state index is 11.0. The van der Waals surface area contributed by atoms with Crippen LogP contribution in [-0.4, -0.2) is 42.9 Å². The van der Waals surface area contributed by atoms with E-state index in [9.17, 15) is 14.9 Å². The van der Waals surface area contributed by atoms with Gasteiger partial charge in [-0.25, -0.2) is 0 Å². The summed E-state index contributed by atoms with van der Waals surface area (Å²) in [5.41, 5.74) is 2.28. The summed E-state index contributed by atoms with van der Waals surface area (Å²) >= 11 is 0. The van der Waals surface area contributed by atoms with Crippen molar-refractivity contribution in [1.29, 1.82) is 5.26 Å². The predicted molar refractivity (Wildman–Crippen MR) is 121 cm³/mol. The van der Waals surface area contributed by atoms with Gasteiger partial charge in [-0.3, -0.25) is 9.59 Å². The Hall–Kier alpha value is -2.55. The second-order valence-corrected chi connectivity index (χ2v) is 8.45. The van der Waals surface area contributed by atoms with Gasteiger partial charge >= 0.3 is 0 Å². The lowest BCUT2D eigenvalue weighted by molar-refractivity contribution is -0.120. The summed E-state index contributed by atoms with van der Waals surface area (Å²) in [5.74, 6) is 0.540. The number of piperidine rings is 1. The molecule has 30 heavy (non-hydrogen) atoms. The van der Waals surface area contributed by atoms with E-state index in [2.05, 4.69) is 23.2 Å². The van der Waals surface area contributed by atoms with Gasteiger partial charge in [0, 0.05) is 38.3 Å². The Kier molecular flexibility index (Phi) is 9.66. The average molecular weight is 413 g/mol. The Labute approximate surface area is 181 Å². The van der Waals surface area contributed by atoms with Crippen LogP contribution in [0.5, 0.6) is 0 Å². The van der Waals surface area contributed by atoms with E-state index >= 15 is 0 Å². The lowest BCUT2D eigenvalue weighted by atomic mass is 9.94. The molecule has 1 atom stereocenters. The summed E-state index contributed by atoms with van der Waals surface area (Å²) in [7, 11) is 0. The fraction of sp³-hybridized carbons (Fsp3) is 0.625. The molecule has 1 N–H and O–H groups in total. The molecule has 1 heterocycles. The third kappa shape index (κ3) is 7.05. The molecule has 3 rings (SSSR count). The first-order chi connectivity index (χ1) is 14.5. The van der Waals surface area contributed by atoms with Gasteiger partial charge in [0.2, 0.25) is 12.3 Å². The second kappa shape index (κ2) is 12.2. The van der Waals surface area contributed by atoms with Crippen molar-refractivity contribution in [3.05, 3.63) is 23.8 Å². The van der Waals surface area contributed by atoms with Crippen LogP contribution in [0, 0.1) is 17.2 Å². The molecular weight excluding hydrogens is 376 g/mol. The first-order valence-electron chi connectivity index (χ1n) is 11.3. The number of nitrogens with one attached hydrogen (secondary N) is 1. The topological polar surface area (TPSA) is 76.4 Å². The van der Waals surface area contributed by atoms with Crippen molar-refractivity contribution in [2.75, 3.05) is 29.9 Å². The van der Waals surface area contributed by atoms with E-state index in [0.29, 0.717) is 23.2 Å². The smallest absolute Gasteiger partial charge is 0.221 e. The fourth-order valence-corrected chi connectivity index (χ4v) is 4.42. The van der Waals surface area contributed by atoms with Crippen LogP contribution < -0.4 is 10.2 Å². The number of amides is 2. The average Bonchev–Trinajstić information content (AvgIpc) is 2.75. The van der Waals surface area contributed by atoms with E-state index < -0.39 is 0 Å². The highest BCUT2D eigenvalue weighted by Gasteiger charge is 2.19. The van der Waals surface area contributed by atoms with Crippen LogP contribution in [0.3, 0.4) is 0 Å². The number of rotatable bonds is 5. The van der Waals surface area contributed by atoms with Crippen LogP contribution in [0.25, 0.3) is 0 Å². The van der Waals surface area contributed by atoms with Crippen LogP contribution in [0.2, 0.25) is 0 Å². The van der Waals surface area contributed by atoms with Crippen molar-refractivity contribution < 1.29 is 9.59 Å². The number of nitriles is 1. The summed E-state index contributed by atoms with van der Waals surface area (Å²) in [6.07, 6.45) is 9.80. The van der Waals surface area contributed by atoms with Gasteiger partial charge in [0.15, 0.2) is 0 Å². The number of carbonyl (C=O) groups excluding carboxylic acids is 2. The highest BCUT2D eigenvalue weighted by atomic mass is 16.1. The molecule has 0 aromatic heterocycles. The Bertz CT molecular complexity index is 737. The number of hydrogen-bond donors (Lipinski definition) is 1. The van der Waals surface area contributed by atoms with Gasteiger partial charge < -0.3 is 15.1 Å². The minimum Gasteiger partial charge on any atom is -0.370 e. The number of hydrogen-bond acceptors (Lipinski definition) is 4. The van der Waals surface area contributed by atoms with Crippen molar-refractivity contribution in [2.45, 2.75) is 71.8 Å². The van der Waals surface area contributed by atoms with Gasteiger partial charge in [-0.2, -0.15) is 5.26 Å². The van der Waals surface area contributed by atoms with Crippen LogP contribution in [0.1, 0.15) is 71.3 Å². The van der Waals surface area contributed by atoms with Crippen LogP contribution >= 0.6 is 0 Å². The maximum Gasteiger partial charge on any atom is 0.221 e. The largest absolute Gasteiger partial charge is 0.370 e. The predicted octanol–water partition coefficient (Wildman–Crippen LogP) is 4.55. The monoisotopic (exact) mass is 412 g/mol. The molecule has 164 valence electrons. The minimum absolute atomic E-state index is 0.122. The standard InChI is InChI=1S/C15H19N3O.C9H17NO/c1-11-4-3-7-18(10-11)15-6-5-14(17-12(2)19)8-13(15)9-16;1-2-10(8-11)9-6-4-3-5-7-9/h5-6,8,11H,3-4,7,10H2,1-2H3,(H,17,19);8-9H,2-7H2,1H3. The highest BCUT2D eigenvalue weighted by Crippen LogP contribution is 2.28. The molecule has 1 aliphatic heterocycles.